The van der Waals surface area contributed by atoms with Crippen LogP contribution in [0.15, 0.2) is 35.7 Å². The number of hydrogen-bond acceptors (Lipinski definition) is 3. The van der Waals surface area contributed by atoms with E-state index in [1.165, 1.54) is 4.79 Å². The third-order valence-electron chi connectivity index (χ3n) is 2.39. The molecule has 0 amide bonds. The Morgan fingerprint density at radius 3 is 2.81 bits per heavy atom. The van der Waals surface area contributed by atoms with Crippen LogP contribution in [0.4, 0.5) is 0 Å². The van der Waals surface area contributed by atoms with Crippen molar-refractivity contribution in [3.63, 3.8) is 0 Å². The number of aryl methyl sites for hydroxylation is 2. The number of phenols is 1. The van der Waals surface area contributed by atoms with Gasteiger partial charge in [0.15, 0.2) is 0 Å². The Bertz CT molecular complexity index is 515. The fourth-order valence-electron chi connectivity index (χ4n) is 1.41. The second-order valence-electron chi connectivity index (χ2n) is 3.67. The Balaban J connectivity index is 2.31. The molecule has 0 atom stereocenters. The van der Waals surface area contributed by atoms with Crippen molar-refractivity contribution >= 4 is 6.21 Å². The van der Waals surface area contributed by atoms with Crippen LogP contribution in [-0.2, 0) is 0 Å². The van der Waals surface area contributed by atoms with Crippen LogP contribution in [0.1, 0.15) is 16.7 Å². The average Bonchev–Trinajstić information content (AvgIpc) is 2.74. The number of rotatable bonds is 2. The minimum Gasteiger partial charge on any atom is -0.508 e. The van der Waals surface area contributed by atoms with Crippen molar-refractivity contribution in [3.05, 3.63) is 47.3 Å². The first-order valence-corrected chi connectivity index (χ1v) is 5.01. The van der Waals surface area contributed by atoms with Gasteiger partial charge in [-0.25, -0.2) is 0 Å². The zero-order valence-electron chi connectivity index (χ0n) is 9.25. The van der Waals surface area contributed by atoms with Gasteiger partial charge in [0.25, 0.3) is 0 Å². The fraction of sp³-hybridized carbons (Fsp3) is 0.167. The summed E-state index contributed by atoms with van der Waals surface area (Å²) < 4.78 is 0. The predicted molar refractivity (Wildman–Crippen MR) is 62.8 cm³/mol. The van der Waals surface area contributed by atoms with Gasteiger partial charge in [0, 0.05) is 0 Å². The molecule has 2 rings (SSSR count). The van der Waals surface area contributed by atoms with Gasteiger partial charge in [-0.3, -0.25) is 0 Å². The molecule has 2 aromatic rings. The lowest BCUT2D eigenvalue weighted by Gasteiger charge is -2.04. The van der Waals surface area contributed by atoms with E-state index in [0.29, 0.717) is 5.75 Å². The second-order valence-corrected chi connectivity index (χ2v) is 3.67. The Morgan fingerprint density at radius 1 is 1.31 bits per heavy atom. The van der Waals surface area contributed by atoms with Gasteiger partial charge in [-0.2, -0.15) is 15.0 Å². The van der Waals surface area contributed by atoms with Crippen molar-refractivity contribution in [2.75, 3.05) is 0 Å². The fourth-order valence-corrected chi connectivity index (χ4v) is 1.41. The quantitative estimate of drug-likeness (QED) is 0.780. The van der Waals surface area contributed by atoms with E-state index in [-0.39, 0.29) is 0 Å². The lowest BCUT2D eigenvalue weighted by atomic mass is 10.1. The zero-order valence-corrected chi connectivity index (χ0v) is 9.25. The number of aromatic hydroxyl groups is 1. The van der Waals surface area contributed by atoms with Gasteiger partial charge in [0.2, 0.25) is 0 Å². The molecule has 1 N–H and O–H groups in total. The molecule has 0 aliphatic carbocycles. The van der Waals surface area contributed by atoms with E-state index in [2.05, 4.69) is 10.2 Å². The van der Waals surface area contributed by atoms with Crippen LogP contribution >= 0.6 is 0 Å². The summed E-state index contributed by atoms with van der Waals surface area (Å²) in [6.07, 6.45) is 5.17. The lowest BCUT2D eigenvalue weighted by molar-refractivity contribution is 0.470. The van der Waals surface area contributed by atoms with Gasteiger partial charge in [0.05, 0.1) is 18.6 Å². The summed E-state index contributed by atoms with van der Waals surface area (Å²) in [6, 6.07) is 5.45. The first-order valence-electron chi connectivity index (χ1n) is 5.01. The van der Waals surface area contributed by atoms with Crippen molar-refractivity contribution < 1.29 is 5.11 Å². The van der Waals surface area contributed by atoms with Crippen molar-refractivity contribution in [2.24, 2.45) is 5.10 Å². The van der Waals surface area contributed by atoms with Crippen molar-refractivity contribution in [1.82, 2.24) is 9.89 Å². The number of phenolic OH excluding ortho intramolecular Hbond substituents is 1. The Hall–Kier alpha value is -2.10. The number of aromatic nitrogens is 2. The van der Waals surface area contributed by atoms with Crippen LogP contribution in [-0.4, -0.2) is 21.2 Å². The summed E-state index contributed by atoms with van der Waals surface area (Å²) in [5.74, 6) is 0.314. The molecule has 4 heteroatoms. The maximum Gasteiger partial charge on any atom is 0.118 e. The summed E-state index contributed by atoms with van der Waals surface area (Å²) in [5, 5.41) is 17.7. The van der Waals surface area contributed by atoms with Crippen LogP contribution in [0, 0.1) is 13.8 Å². The highest BCUT2D eigenvalue weighted by molar-refractivity contribution is 5.82. The van der Waals surface area contributed by atoms with Gasteiger partial charge < -0.3 is 5.11 Å². The average molecular weight is 215 g/mol. The molecule has 0 fully saturated rings. The molecule has 0 bridgehead atoms. The van der Waals surface area contributed by atoms with Crippen LogP contribution in [0.2, 0.25) is 0 Å². The van der Waals surface area contributed by atoms with Gasteiger partial charge in [-0.05, 0) is 48.7 Å². The van der Waals surface area contributed by atoms with E-state index in [1.807, 2.05) is 26.0 Å². The molecule has 4 nitrogen and oxygen atoms in total. The number of nitrogens with zero attached hydrogens (tertiary/aromatic N) is 3. The molecule has 0 aliphatic rings. The van der Waals surface area contributed by atoms with E-state index in [1.54, 1.807) is 24.7 Å². The molecule has 0 unspecified atom stereocenters. The standard InChI is InChI=1S/C12H13N3O/c1-9-7-12(16)10(2)6-11(9)8-14-15-5-3-4-13-15/h3-8,16H,1-2H3/b14-8+. The molecule has 0 radical (unpaired) electrons. The number of benzene rings is 1. The SMILES string of the molecule is Cc1cc(/C=N/n2cccn2)c(C)cc1O. The summed E-state index contributed by atoms with van der Waals surface area (Å²) in [7, 11) is 0. The molecule has 0 aliphatic heterocycles. The van der Waals surface area contributed by atoms with Crippen LogP contribution < -0.4 is 0 Å². The monoisotopic (exact) mass is 215 g/mol. The molecule has 0 spiro atoms. The molecule has 1 aromatic heterocycles. The van der Waals surface area contributed by atoms with E-state index >= 15 is 0 Å². The topological polar surface area (TPSA) is 50.4 Å². The van der Waals surface area contributed by atoms with Gasteiger partial charge in [-0.1, -0.05) is 0 Å². The van der Waals surface area contributed by atoms with Gasteiger partial charge in [0.1, 0.15) is 5.75 Å². The molecular weight excluding hydrogens is 202 g/mol. The minimum absolute atomic E-state index is 0.314. The molecule has 0 saturated heterocycles. The molecule has 16 heavy (non-hydrogen) atoms. The highest BCUT2D eigenvalue weighted by Crippen LogP contribution is 2.20. The van der Waals surface area contributed by atoms with Crippen molar-refractivity contribution in [3.8, 4) is 5.75 Å². The maximum atomic E-state index is 9.51. The highest BCUT2D eigenvalue weighted by Gasteiger charge is 2.01. The van der Waals surface area contributed by atoms with E-state index in [9.17, 15) is 5.11 Å². The highest BCUT2D eigenvalue weighted by atomic mass is 16.3. The first-order chi connectivity index (χ1) is 7.66. The Kier molecular flexibility index (Phi) is 2.72. The van der Waals surface area contributed by atoms with Crippen LogP contribution in [0.3, 0.4) is 0 Å². The second kappa shape index (κ2) is 4.18. The van der Waals surface area contributed by atoms with Crippen molar-refractivity contribution in [2.45, 2.75) is 13.8 Å². The molecule has 0 saturated carbocycles. The van der Waals surface area contributed by atoms with Gasteiger partial charge >= 0.3 is 0 Å². The van der Waals surface area contributed by atoms with E-state index in [0.717, 1.165) is 16.7 Å². The molecule has 1 aromatic carbocycles. The smallest absolute Gasteiger partial charge is 0.118 e. The third-order valence-corrected chi connectivity index (χ3v) is 2.39. The minimum atomic E-state index is 0.314. The lowest BCUT2D eigenvalue weighted by Crippen LogP contribution is -1.93. The summed E-state index contributed by atoms with van der Waals surface area (Å²) >= 11 is 0. The predicted octanol–water partition coefficient (Wildman–Crippen LogP) is 2.09. The normalized spacial score (nSPS) is 11.1. The molecular formula is C12H13N3O. The number of hydrogen-bond donors (Lipinski definition) is 1. The van der Waals surface area contributed by atoms with Crippen molar-refractivity contribution in [1.29, 1.82) is 0 Å². The largest absolute Gasteiger partial charge is 0.508 e. The maximum absolute atomic E-state index is 9.51. The van der Waals surface area contributed by atoms with E-state index < -0.39 is 0 Å². The molecule has 1 heterocycles. The van der Waals surface area contributed by atoms with Crippen LogP contribution in [0.5, 0.6) is 5.75 Å². The zero-order chi connectivity index (χ0) is 11.5. The summed E-state index contributed by atoms with van der Waals surface area (Å²) in [5.41, 5.74) is 2.80. The van der Waals surface area contributed by atoms with Crippen LogP contribution in [0.25, 0.3) is 0 Å². The summed E-state index contributed by atoms with van der Waals surface area (Å²) in [6.45, 7) is 3.80. The summed E-state index contributed by atoms with van der Waals surface area (Å²) in [4.78, 5) is 1.49. The van der Waals surface area contributed by atoms with E-state index in [4.69, 9.17) is 0 Å². The molecule has 82 valence electrons. The first kappa shape index (κ1) is 10.4. The third kappa shape index (κ3) is 2.11. The Labute approximate surface area is 93.9 Å². The van der Waals surface area contributed by atoms with Gasteiger partial charge in [-0.15, -0.1) is 0 Å². The Morgan fingerprint density at radius 2 is 2.12 bits per heavy atom.